The quantitative estimate of drug-likeness (QED) is 0.748. The van der Waals surface area contributed by atoms with Gasteiger partial charge in [0.2, 0.25) is 0 Å². The van der Waals surface area contributed by atoms with Crippen molar-refractivity contribution in [2.75, 3.05) is 7.11 Å². The van der Waals surface area contributed by atoms with Crippen LogP contribution in [-0.2, 0) is 12.8 Å². The molecule has 0 radical (unpaired) electrons. The van der Waals surface area contributed by atoms with E-state index in [-0.39, 0.29) is 5.82 Å². The van der Waals surface area contributed by atoms with Gasteiger partial charge in [0.15, 0.2) is 0 Å². The number of hydrogen-bond donors (Lipinski definition) is 0. The Balaban J connectivity index is 2.02. The summed E-state index contributed by atoms with van der Waals surface area (Å²) in [4.78, 5) is 0. The summed E-state index contributed by atoms with van der Waals surface area (Å²) in [6, 6.07) is 11.0. The molecule has 0 heterocycles. The Bertz CT molecular complexity index is 639. The second-order valence-corrected chi connectivity index (χ2v) is 5.54. The average Bonchev–Trinajstić information content (AvgIpc) is 2.93. The van der Waals surface area contributed by atoms with Crippen molar-refractivity contribution in [2.45, 2.75) is 24.6 Å². The normalized spacial score (nSPS) is 14.9. The van der Waals surface area contributed by atoms with Crippen LogP contribution < -0.4 is 4.74 Å². The summed E-state index contributed by atoms with van der Waals surface area (Å²) in [7, 11) is 1.53. The molecule has 1 aliphatic carbocycles. The minimum atomic E-state index is -0.531. The summed E-state index contributed by atoms with van der Waals surface area (Å²) in [6.07, 6.45) is 3.40. The molecule has 104 valence electrons. The van der Waals surface area contributed by atoms with Crippen LogP contribution in [0, 0.1) is 5.82 Å². The van der Waals surface area contributed by atoms with Gasteiger partial charge in [-0.05, 0) is 48.1 Å². The molecule has 3 heteroatoms. The molecule has 0 aliphatic heterocycles. The predicted octanol–water partition coefficient (Wildman–Crippen LogP) is 4.65. The molecule has 1 unspecified atom stereocenters. The molecule has 1 nitrogen and oxygen atoms in total. The predicted molar refractivity (Wildman–Crippen MR) is 79.1 cm³/mol. The number of fused-ring (bicyclic) bond motifs is 1. The third-order valence-corrected chi connectivity index (χ3v) is 4.37. The number of hydrogen-bond acceptors (Lipinski definition) is 1. The first-order valence-corrected chi connectivity index (χ1v) is 7.22. The first-order valence-electron chi connectivity index (χ1n) is 6.79. The topological polar surface area (TPSA) is 9.23 Å². The first kappa shape index (κ1) is 13.4. The van der Waals surface area contributed by atoms with Crippen LogP contribution in [0.2, 0.25) is 0 Å². The van der Waals surface area contributed by atoms with Gasteiger partial charge in [0.25, 0.3) is 0 Å². The molecule has 0 saturated carbocycles. The zero-order valence-electron chi connectivity index (χ0n) is 11.3. The standard InChI is InChI=1S/C17H16ClFO/c1-20-15-7-3-6-14(19)16(15)17(18)13-9-8-11-4-2-5-12(11)10-13/h3,6-10,17H,2,4-5H2,1H3. The smallest absolute Gasteiger partial charge is 0.131 e. The molecule has 0 saturated heterocycles. The van der Waals surface area contributed by atoms with Crippen molar-refractivity contribution in [1.82, 2.24) is 0 Å². The summed E-state index contributed by atoms with van der Waals surface area (Å²) >= 11 is 6.50. The number of benzene rings is 2. The van der Waals surface area contributed by atoms with Crippen LogP contribution in [0.3, 0.4) is 0 Å². The number of ether oxygens (including phenoxy) is 1. The molecule has 0 spiro atoms. The fourth-order valence-electron chi connectivity index (χ4n) is 2.86. The molecule has 0 N–H and O–H groups in total. The van der Waals surface area contributed by atoms with Crippen molar-refractivity contribution in [2.24, 2.45) is 0 Å². The highest BCUT2D eigenvalue weighted by Gasteiger charge is 2.21. The fourth-order valence-corrected chi connectivity index (χ4v) is 3.20. The zero-order chi connectivity index (χ0) is 14.1. The van der Waals surface area contributed by atoms with Gasteiger partial charge >= 0.3 is 0 Å². The minimum Gasteiger partial charge on any atom is -0.496 e. The molecule has 2 aromatic carbocycles. The average molecular weight is 291 g/mol. The highest BCUT2D eigenvalue weighted by atomic mass is 35.5. The van der Waals surface area contributed by atoms with Crippen LogP contribution in [0.1, 0.15) is 34.1 Å². The molecule has 2 aromatic rings. The number of rotatable bonds is 3. The van der Waals surface area contributed by atoms with E-state index in [0.717, 1.165) is 18.4 Å². The van der Waals surface area contributed by atoms with Crippen LogP contribution in [0.4, 0.5) is 4.39 Å². The van der Waals surface area contributed by atoms with Crippen molar-refractivity contribution in [3.8, 4) is 5.75 Å². The lowest BCUT2D eigenvalue weighted by Crippen LogP contribution is -2.01. The highest BCUT2D eigenvalue weighted by molar-refractivity contribution is 6.22. The number of aryl methyl sites for hydroxylation is 2. The molecule has 0 fully saturated rings. The second kappa shape index (κ2) is 5.45. The van der Waals surface area contributed by atoms with Gasteiger partial charge < -0.3 is 4.74 Å². The summed E-state index contributed by atoms with van der Waals surface area (Å²) < 4.78 is 19.3. The molecular weight excluding hydrogens is 275 g/mol. The molecule has 3 rings (SSSR count). The molecule has 1 aliphatic rings. The van der Waals surface area contributed by atoms with Gasteiger partial charge in [0.1, 0.15) is 11.6 Å². The maximum absolute atomic E-state index is 14.1. The third kappa shape index (κ3) is 2.29. The minimum absolute atomic E-state index is 0.329. The summed E-state index contributed by atoms with van der Waals surface area (Å²) in [5.41, 5.74) is 4.06. The summed E-state index contributed by atoms with van der Waals surface area (Å²) in [6.45, 7) is 0. The van der Waals surface area contributed by atoms with Gasteiger partial charge in [-0.15, -0.1) is 11.6 Å². The molecule has 0 aromatic heterocycles. The van der Waals surface area contributed by atoms with E-state index < -0.39 is 5.38 Å². The van der Waals surface area contributed by atoms with Crippen molar-refractivity contribution in [3.05, 3.63) is 64.5 Å². The zero-order valence-corrected chi connectivity index (χ0v) is 12.1. The van der Waals surface area contributed by atoms with Crippen LogP contribution >= 0.6 is 11.6 Å². The van der Waals surface area contributed by atoms with E-state index in [1.807, 2.05) is 6.07 Å². The number of alkyl halides is 1. The lowest BCUT2D eigenvalue weighted by molar-refractivity contribution is 0.405. The van der Waals surface area contributed by atoms with Gasteiger partial charge in [-0.1, -0.05) is 24.3 Å². The van der Waals surface area contributed by atoms with Crippen molar-refractivity contribution in [3.63, 3.8) is 0 Å². The van der Waals surface area contributed by atoms with E-state index in [1.54, 1.807) is 12.1 Å². The van der Waals surface area contributed by atoms with E-state index in [4.69, 9.17) is 16.3 Å². The van der Waals surface area contributed by atoms with E-state index in [0.29, 0.717) is 11.3 Å². The van der Waals surface area contributed by atoms with Gasteiger partial charge in [-0.25, -0.2) is 4.39 Å². The van der Waals surface area contributed by atoms with E-state index in [1.165, 1.54) is 30.7 Å². The van der Waals surface area contributed by atoms with Crippen molar-refractivity contribution < 1.29 is 9.13 Å². The van der Waals surface area contributed by atoms with Crippen LogP contribution in [0.5, 0.6) is 5.75 Å². The Kier molecular flexibility index (Phi) is 3.66. The maximum Gasteiger partial charge on any atom is 0.131 e. The number of halogens is 2. The molecule has 1 atom stereocenters. The van der Waals surface area contributed by atoms with Gasteiger partial charge in [0.05, 0.1) is 18.1 Å². The van der Waals surface area contributed by atoms with E-state index >= 15 is 0 Å². The largest absolute Gasteiger partial charge is 0.496 e. The third-order valence-electron chi connectivity index (χ3n) is 3.90. The Morgan fingerprint density at radius 1 is 1.15 bits per heavy atom. The number of methoxy groups -OCH3 is 1. The summed E-state index contributed by atoms with van der Waals surface area (Å²) in [5, 5.41) is -0.531. The lowest BCUT2D eigenvalue weighted by atomic mass is 9.99. The monoisotopic (exact) mass is 290 g/mol. The van der Waals surface area contributed by atoms with Crippen molar-refractivity contribution in [1.29, 1.82) is 0 Å². The van der Waals surface area contributed by atoms with Gasteiger partial charge in [-0.2, -0.15) is 0 Å². The van der Waals surface area contributed by atoms with E-state index in [9.17, 15) is 4.39 Å². The maximum atomic E-state index is 14.1. The van der Waals surface area contributed by atoms with Crippen LogP contribution in [-0.4, -0.2) is 7.11 Å². The molecule has 0 amide bonds. The molecule has 20 heavy (non-hydrogen) atoms. The van der Waals surface area contributed by atoms with Gasteiger partial charge in [-0.3, -0.25) is 0 Å². The Labute approximate surface area is 123 Å². The SMILES string of the molecule is COc1cccc(F)c1C(Cl)c1ccc2c(c1)CCC2. The van der Waals surface area contributed by atoms with Gasteiger partial charge in [0, 0.05) is 0 Å². The van der Waals surface area contributed by atoms with Crippen LogP contribution in [0.25, 0.3) is 0 Å². The molecule has 0 bridgehead atoms. The second-order valence-electron chi connectivity index (χ2n) is 5.10. The van der Waals surface area contributed by atoms with Crippen LogP contribution in [0.15, 0.2) is 36.4 Å². The highest BCUT2D eigenvalue weighted by Crippen LogP contribution is 2.38. The van der Waals surface area contributed by atoms with E-state index in [2.05, 4.69) is 12.1 Å². The Morgan fingerprint density at radius 2 is 1.95 bits per heavy atom. The summed E-state index contributed by atoms with van der Waals surface area (Å²) in [5.74, 6) is 0.162. The first-order chi connectivity index (χ1) is 9.70. The lowest BCUT2D eigenvalue weighted by Gasteiger charge is -2.16. The Hall–Kier alpha value is -1.54. The van der Waals surface area contributed by atoms with Crippen molar-refractivity contribution >= 4 is 11.6 Å². The Morgan fingerprint density at radius 3 is 2.75 bits per heavy atom. The molecular formula is C17H16ClFO. The fraction of sp³-hybridized carbons (Fsp3) is 0.294.